The van der Waals surface area contributed by atoms with Crippen LogP contribution in [0.15, 0.2) is 42.5 Å². The van der Waals surface area contributed by atoms with Gasteiger partial charge < -0.3 is 9.67 Å². The number of phenolic OH excluding ortho intramolecular Hbond substituents is 1. The second-order valence-corrected chi connectivity index (χ2v) is 5.15. The lowest BCUT2D eigenvalue weighted by Crippen LogP contribution is -1.99. The molecule has 3 rings (SSSR count). The van der Waals surface area contributed by atoms with Crippen LogP contribution >= 0.6 is 11.6 Å². The van der Waals surface area contributed by atoms with Crippen LogP contribution in [-0.4, -0.2) is 14.7 Å². The van der Waals surface area contributed by atoms with Gasteiger partial charge in [-0.1, -0.05) is 24.6 Å². The van der Waals surface area contributed by atoms with Crippen LogP contribution in [0.3, 0.4) is 0 Å². The summed E-state index contributed by atoms with van der Waals surface area (Å²) in [4.78, 5) is 4.69. The number of hydrogen-bond donors (Lipinski definition) is 1. The number of halogens is 1. The Morgan fingerprint density at radius 1 is 1.15 bits per heavy atom. The molecule has 1 N–H and O–H groups in total. The maximum absolute atomic E-state index is 9.41. The van der Waals surface area contributed by atoms with E-state index in [4.69, 9.17) is 11.6 Å². The molecule has 0 unspecified atom stereocenters. The molecule has 0 atom stereocenters. The number of fused-ring (bicyclic) bond motifs is 1. The van der Waals surface area contributed by atoms with E-state index in [2.05, 4.69) is 16.5 Å². The zero-order chi connectivity index (χ0) is 14.1. The number of aryl methyl sites for hydroxylation is 1. The fourth-order valence-corrected chi connectivity index (χ4v) is 2.69. The van der Waals surface area contributed by atoms with E-state index in [1.165, 1.54) is 0 Å². The van der Waals surface area contributed by atoms with Crippen LogP contribution in [-0.2, 0) is 6.54 Å². The molecule has 0 amide bonds. The molecule has 1 aromatic heterocycles. The minimum atomic E-state index is 0.255. The Morgan fingerprint density at radius 3 is 2.60 bits per heavy atom. The number of benzene rings is 2. The van der Waals surface area contributed by atoms with E-state index in [0.29, 0.717) is 5.02 Å². The number of para-hydroxylation sites is 1. The molecule has 3 aromatic rings. The first-order chi connectivity index (χ1) is 9.70. The number of hydrogen-bond acceptors (Lipinski definition) is 2. The summed E-state index contributed by atoms with van der Waals surface area (Å²) in [5.74, 6) is 1.14. The van der Waals surface area contributed by atoms with E-state index in [-0.39, 0.29) is 5.75 Å². The molecule has 102 valence electrons. The molecule has 1 heterocycles. The van der Waals surface area contributed by atoms with Crippen LogP contribution in [0.1, 0.15) is 13.3 Å². The molecule has 0 fully saturated rings. The predicted octanol–water partition coefficient (Wildman–Crippen LogP) is 4.47. The van der Waals surface area contributed by atoms with Crippen LogP contribution in [0.25, 0.3) is 22.4 Å². The summed E-state index contributed by atoms with van der Waals surface area (Å²) in [6, 6.07) is 12.9. The molecule has 0 radical (unpaired) electrons. The highest BCUT2D eigenvalue weighted by Gasteiger charge is 2.14. The number of aromatic hydroxyl groups is 1. The van der Waals surface area contributed by atoms with Crippen molar-refractivity contribution in [2.75, 3.05) is 0 Å². The van der Waals surface area contributed by atoms with E-state index < -0.39 is 0 Å². The SMILES string of the molecule is CCCn1c(-c2ccc(O)cc2)nc2cccc(Cl)c21. The largest absolute Gasteiger partial charge is 0.508 e. The highest BCUT2D eigenvalue weighted by atomic mass is 35.5. The lowest BCUT2D eigenvalue weighted by atomic mass is 10.2. The Morgan fingerprint density at radius 2 is 1.90 bits per heavy atom. The lowest BCUT2D eigenvalue weighted by molar-refractivity contribution is 0.475. The Balaban J connectivity index is 2.26. The van der Waals surface area contributed by atoms with Gasteiger partial charge in [-0.15, -0.1) is 0 Å². The minimum absolute atomic E-state index is 0.255. The quantitative estimate of drug-likeness (QED) is 0.771. The fourth-order valence-electron chi connectivity index (χ4n) is 2.41. The average Bonchev–Trinajstić information content (AvgIpc) is 2.80. The Labute approximate surface area is 122 Å². The highest BCUT2D eigenvalue weighted by molar-refractivity contribution is 6.35. The van der Waals surface area contributed by atoms with E-state index in [1.807, 2.05) is 30.3 Å². The Bertz CT molecular complexity index is 747. The monoisotopic (exact) mass is 286 g/mol. The van der Waals surface area contributed by atoms with Crippen molar-refractivity contribution in [3.05, 3.63) is 47.5 Å². The third-order valence-corrected chi connectivity index (χ3v) is 3.60. The Hall–Kier alpha value is -2.00. The van der Waals surface area contributed by atoms with Crippen LogP contribution in [0, 0.1) is 0 Å². The summed E-state index contributed by atoms with van der Waals surface area (Å²) >= 11 is 6.32. The first-order valence-electron chi connectivity index (χ1n) is 6.65. The van der Waals surface area contributed by atoms with Crippen LogP contribution < -0.4 is 0 Å². The van der Waals surface area contributed by atoms with Crippen LogP contribution in [0.4, 0.5) is 0 Å². The van der Waals surface area contributed by atoms with Gasteiger partial charge in [-0.25, -0.2) is 4.98 Å². The molecule has 20 heavy (non-hydrogen) atoms. The molecule has 3 nitrogen and oxygen atoms in total. The zero-order valence-electron chi connectivity index (χ0n) is 11.2. The first-order valence-corrected chi connectivity index (χ1v) is 7.02. The molecule has 0 aliphatic heterocycles. The second kappa shape index (κ2) is 5.17. The van der Waals surface area contributed by atoms with Gasteiger partial charge in [-0.05, 0) is 42.8 Å². The standard InChI is InChI=1S/C16H15ClN2O/c1-2-10-19-15-13(17)4-3-5-14(15)18-16(19)11-6-8-12(20)9-7-11/h3-9,20H,2,10H2,1H3. The third-order valence-electron chi connectivity index (χ3n) is 3.29. The van der Waals surface area contributed by atoms with Crippen molar-refractivity contribution in [1.82, 2.24) is 9.55 Å². The van der Waals surface area contributed by atoms with Gasteiger partial charge in [0.15, 0.2) is 0 Å². The molecule has 0 saturated carbocycles. The number of rotatable bonds is 3. The van der Waals surface area contributed by atoms with Gasteiger partial charge in [0, 0.05) is 12.1 Å². The molecular formula is C16H15ClN2O. The van der Waals surface area contributed by atoms with E-state index in [9.17, 15) is 5.11 Å². The van der Waals surface area contributed by atoms with Gasteiger partial charge >= 0.3 is 0 Å². The summed E-state index contributed by atoms with van der Waals surface area (Å²) in [5, 5.41) is 10.1. The van der Waals surface area contributed by atoms with Crippen LogP contribution in [0.2, 0.25) is 5.02 Å². The molecule has 4 heteroatoms. The molecule has 0 aliphatic rings. The molecule has 0 bridgehead atoms. The molecule has 0 aliphatic carbocycles. The molecule has 2 aromatic carbocycles. The average molecular weight is 287 g/mol. The van der Waals surface area contributed by atoms with Crippen molar-refractivity contribution in [2.45, 2.75) is 19.9 Å². The summed E-state index contributed by atoms with van der Waals surface area (Å²) in [5.41, 5.74) is 2.84. The van der Waals surface area contributed by atoms with Crippen molar-refractivity contribution in [1.29, 1.82) is 0 Å². The summed E-state index contributed by atoms with van der Waals surface area (Å²) in [6.07, 6.45) is 1.00. The van der Waals surface area contributed by atoms with Crippen molar-refractivity contribution in [2.24, 2.45) is 0 Å². The van der Waals surface area contributed by atoms with Gasteiger partial charge in [-0.2, -0.15) is 0 Å². The summed E-state index contributed by atoms with van der Waals surface area (Å²) in [7, 11) is 0. The van der Waals surface area contributed by atoms with Gasteiger partial charge in [0.05, 0.1) is 16.1 Å². The smallest absolute Gasteiger partial charge is 0.141 e. The normalized spacial score (nSPS) is 11.1. The summed E-state index contributed by atoms with van der Waals surface area (Å²) in [6.45, 7) is 2.99. The molecule has 0 saturated heterocycles. The van der Waals surface area contributed by atoms with E-state index >= 15 is 0 Å². The minimum Gasteiger partial charge on any atom is -0.508 e. The number of aromatic nitrogens is 2. The van der Waals surface area contributed by atoms with Crippen molar-refractivity contribution in [3.63, 3.8) is 0 Å². The van der Waals surface area contributed by atoms with Crippen molar-refractivity contribution < 1.29 is 5.11 Å². The topological polar surface area (TPSA) is 38.0 Å². The fraction of sp³-hybridized carbons (Fsp3) is 0.188. The summed E-state index contributed by atoms with van der Waals surface area (Å²) < 4.78 is 2.14. The maximum atomic E-state index is 9.41. The Kier molecular flexibility index (Phi) is 3.36. The van der Waals surface area contributed by atoms with E-state index in [0.717, 1.165) is 35.4 Å². The van der Waals surface area contributed by atoms with Gasteiger partial charge in [0.25, 0.3) is 0 Å². The molecule has 0 spiro atoms. The number of imidazole rings is 1. The van der Waals surface area contributed by atoms with E-state index in [1.54, 1.807) is 12.1 Å². The predicted molar refractivity (Wildman–Crippen MR) is 82.1 cm³/mol. The first kappa shape index (κ1) is 13.0. The third kappa shape index (κ3) is 2.14. The number of nitrogens with zero attached hydrogens (tertiary/aromatic N) is 2. The van der Waals surface area contributed by atoms with Gasteiger partial charge in [0.2, 0.25) is 0 Å². The van der Waals surface area contributed by atoms with Gasteiger partial charge in [-0.3, -0.25) is 0 Å². The van der Waals surface area contributed by atoms with Gasteiger partial charge in [0.1, 0.15) is 11.6 Å². The van der Waals surface area contributed by atoms with Crippen LogP contribution in [0.5, 0.6) is 5.75 Å². The number of phenols is 1. The van der Waals surface area contributed by atoms with Crippen molar-refractivity contribution >= 4 is 22.6 Å². The maximum Gasteiger partial charge on any atom is 0.141 e. The highest BCUT2D eigenvalue weighted by Crippen LogP contribution is 2.30. The lowest BCUT2D eigenvalue weighted by Gasteiger charge is -2.08. The zero-order valence-corrected chi connectivity index (χ0v) is 11.9. The second-order valence-electron chi connectivity index (χ2n) is 4.74. The molecular weight excluding hydrogens is 272 g/mol. The van der Waals surface area contributed by atoms with Crippen molar-refractivity contribution in [3.8, 4) is 17.1 Å².